The summed E-state index contributed by atoms with van der Waals surface area (Å²) in [4.78, 5) is 0. The van der Waals surface area contributed by atoms with Crippen LogP contribution >= 0.6 is 0 Å². The SMILES string of the molecule is CCC1CCCC(CN)(Cc2ccc(C)cc2)C1. The fourth-order valence-electron chi connectivity index (χ4n) is 3.49. The van der Waals surface area contributed by atoms with Crippen molar-refractivity contribution < 1.29 is 0 Å². The van der Waals surface area contributed by atoms with Crippen molar-refractivity contribution in [3.05, 3.63) is 35.4 Å². The number of hydrogen-bond donors (Lipinski definition) is 1. The molecule has 0 spiro atoms. The van der Waals surface area contributed by atoms with E-state index in [1.807, 2.05) is 0 Å². The summed E-state index contributed by atoms with van der Waals surface area (Å²) in [6.07, 6.45) is 7.89. The molecular formula is C17H27N. The maximum Gasteiger partial charge on any atom is -0.00172 e. The van der Waals surface area contributed by atoms with E-state index in [-0.39, 0.29) is 0 Å². The molecule has 18 heavy (non-hydrogen) atoms. The van der Waals surface area contributed by atoms with E-state index in [0.717, 1.165) is 12.5 Å². The minimum absolute atomic E-state index is 0.369. The minimum Gasteiger partial charge on any atom is -0.330 e. The van der Waals surface area contributed by atoms with Crippen LogP contribution in [-0.4, -0.2) is 6.54 Å². The number of nitrogens with two attached hydrogens (primary N) is 1. The summed E-state index contributed by atoms with van der Waals surface area (Å²) >= 11 is 0. The average molecular weight is 245 g/mol. The van der Waals surface area contributed by atoms with Gasteiger partial charge in [-0.05, 0) is 49.6 Å². The van der Waals surface area contributed by atoms with Crippen LogP contribution < -0.4 is 5.73 Å². The van der Waals surface area contributed by atoms with Gasteiger partial charge < -0.3 is 5.73 Å². The molecular weight excluding hydrogens is 218 g/mol. The zero-order valence-corrected chi connectivity index (χ0v) is 11.9. The van der Waals surface area contributed by atoms with Gasteiger partial charge in [0.15, 0.2) is 0 Å². The molecule has 1 nitrogen and oxygen atoms in total. The highest BCUT2D eigenvalue weighted by atomic mass is 14.6. The average Bonchev–Trinajstić information content (AvgIpc) is 2.42. The summed E-state index contributed by atoms with van der Waals surface area (Å²) < 4.78 is 0. The van der Waals surface area contributed by atoms with E-state index < -0.39 is 0 Å². The van der Waals surface area contributed by atoms with Crippen LogP contribution in [0.4, 0.5) is 0 Å². The van der Waals surface area contributed by atoms with Gasteiger partial charge in [0, 0.05) is 0 Å². The predicted octanol–water partition coefficient (Wildman–Crippen LogP) is 4.08. The predicted molar refractivity (Wildman–Crippen MR) is 78.6 cm³/mol. The Kier molecular flexibility index (Phi) is 4.45. The van der Waals surface area contributed by atoms with Gasteiger partial charge in [-0.2, -0.15) is 0 Å². The zero-order chi connectivity index (χ0) is 13.0. The third-order valence-corrected chi connectivity index (χ3v) is 4.75. The molecule has 1 aromatic carbocycles. The topological polar surface area (TPSA) is 26.0 Å². The molecule has 0 aliphatic heterocycles. The molecule has 1 aromatic rings. The molecule has 0 radical (unpaired) electrons. The van der Waals surface area contributed by atoms with Crippen molar-refractivity contribution in [3.8, 4) is 0 Å². The molecule has 0 amide bonds. The molecule has 2 unspecified atom stereocenters. The van der Waals surface area contributed by atoms with Gasteiger partial charge in [-0.25, -0.2) is 0 Å². The van der Waals surface area contributed by atoms with Crippen LogP contribution in [-0.2, 0) is 6.42 Å². The third-order valence-electron chi connectivity index (χ3n) is 4.75. The Labute approximate surface area is 112 Å². The van der Waals surface area contributed by atoms with Gasteiger partial charge in [-0.15, -0.1) is 0 Å². The van der Waals surface area contributed by atoms with Crippen LogP contribution in [0.1, 0.15) is 50.2 Å². The van der Waals surface area contributed by atoms with Crippen molar-refractivity contribution in [1.29, 1.82) is 0 Å². The van der Waals surface area contributed by atoms with Gasteiger partial charge >= 0.3 is 0 Å². The number of rotatable bonds is 4. The zero-order valence-electron chi connectivity index (χ0n) is 11.9. The summed E-state index contributed by atoms with van der Waals surface area (Å²) in [7, 11) is 0. The standard InChI is InChI=1S/C17H27N/c1-3-15-5-4-10-17(11-15,13-18)12-16-8-6-14(2)7-9-16/h6-9,15H,3-5,10-13,18H2,1-2H3. The van der Waals surface area contributed by atoms with Crippen molar-refractivity contribution in [2.45, 2.75) is 52.4 Å². The molecule has 0 aromatic heterocycles. The first kappa shape index (κ1) is 13.6. The molecule has 1 saturated carbocycles. The molecule has 1 aliphatic carbocycles. The normalized spacial score (nSPS) is 28.3. The highest BCUT2D eigenvalue weighted by Gasteiger charge is 2.34. The van der Waals surface area contributed by atoms with Crippen LogP contribution in [0.5, 0.6) is 0 Å². The van der Waals surface area contributed by atoms with Crippen LogP contribution in [0, 0.1) is 18.3 Å². The summed E-state index contributed by atoms with van der Waals surface area (Å²) in [6.45, 7) is 5.32. The van der Waals surface area contributed by atoms with E-state index in [0.29, 0.717) is 5.41 Å². The van der Waals surface area contributed by atoms with Crippen molar-refractivity contribution in [2.75, 3.05) is 6.54 Å². The van der Waals surface area contributed by atoms with Crippen molar-refractivity contribution in [1.82, 2.24) is 0 Å². The molecule has 0 bridgehead atoms. The van der Waals surface area contributed by atoms with E-state index in [1.54, 1.807) is 0 Å². The van der Waals surface area contributed by atoms with Crippen molar-refractivity contribution >= 4 is 0 Å². The third kappa shape index (κ3) is 3.14. The van der Waals surface area contributed by atoms with Gasteiger partial charge in [0.25, 0.3) is 0 Å². The summed E-state index contributed by atoms with van der Waals surface area (Å²) in [6, 6.07) is 9.00. The molecule has 2 rings (SSSR count). The summed E-state index contributed by atoms with van der Waals surface area (Å²) in [5.41, 5.74) is 9.31. The number of benzene rings is 1. The van der Waals surface area contributed by atoms with E-state index in [2.05, 4.69) is 38.1 Å². The smallest absolute Gasteiger partial charge is 0.00172 e. The van der Waals surface area contributed by atoms with Crippen LogP contribution in [0.25, 0.3) is 0 Å². The van der Waals surface area contributed by atoms with E-state index in [4.69, 9.17) is 5.73 Å². The molecule has 2 atom stereocenters. The van der Waals surface area contributed by atoms with Gasteiger partial charge in [-0.3, -0.25) is 0 Å². The second-order valence-corrected chi connectivity index (χ2v) is 6.24. The van der Waals surface area contributed by atoms with Gasteiger partial charge in [0.2, 0.25) is 0 Å². The van der Waals surface area contributed by atoms with Gasteiger partial charge in [-0.1, -0.05) is 56.0 Å². The maximum atomic E-state index is 6.13. The highest BCUT2D eigenvalue weighted by Crippen LogP contribution is 2.42. The van der Waals surface area contributed by atoms with E-state index in [1.165, 1.54) is 49.7 Å². The number of hydrogen-bond acceptors (Lipinski definition) is 1. The maximum absolute atomic E-state index is 6.13. The quantitative estimate of drug-likeness (QED) is 0.849. The first-order valence-electron chi connectivity index (χ1n) is 7.43. The van der Waals surface area contributed by atoms with Crippen LogP contribution in [0.2, 0.25) is 0 Å². The fraction of sp³-hybridized carbons (Fsp3) is 0.647. The second kappa shape index (κ2) is 5.88. The Morgan fingerprint density at radius 1 is 1.28 bits per heavy atom. The van der Waals surface area contributed by atoms with E-state index >= 15 is 0 Å². The van der Waals surface area contributed by atoms with Gasteiger partial charge in [0.05, 0.1) is 0 Å². The molecule has 1 fully saturated rings. The fourth-order valence-corrected chi connectivity index (χ4v) is 3.49. The lowest BCUT2D eigenvalue weighted by Crippen LogP contribution is -2.37. The lowest BCUT2D eigenvalue weighted by molar-refractivity contribution is 0.142. The second-order valence-electron chi connectivity index (χ2n) is 6.24. The molecule has 1 heteroatoms. The lowest BCUT2D eigenvalue weighted by atomic mass is 9.66. The van der Waals surface area contributed by atoms with Crippen molar-refractivity contribution in [2.24, 2.45) is 17.1 Å². The van der Waals surface area contributed by atoms with Crippen molar-refractivity contribution in [3.63, 3.8) is 0 Å². The van der Waals surface area contributed by atoms with E-state index in [9.17, 15) is 0 Å². The lowest BCUT2D eigenvalue weighted by Gasteiger charge is -2.40. The van der Waals surface area contributed by atoms with Gasteiger partial charge in [0.1, 0.15) is 0 Å². The molecule has 2 N–H and O–H groups in total. The molecule has 0 saturated heterocycles. The Bertz CT molecular complexity index is 368. The monoisotopic (exact) mass is 245 g/mol. The van der Waals surface area contributed by atoms with Crippen LogP contribution in [0.3, 0.4) is 0 Å². The summed E-state index contributed by atoms with van der Waals surface area (Å²) in [5.74, 6) is 0.896. The number of aryl methyl sites for hydroxylation is 1. The largest absolute Gasteiger partial charge is 0.330 e. The first-order valence-corrected chi connectivity index (χ1v) is 7.43. The Morgan fingerprint density at radius 2 is 2.00 bits per heavy atom. The van der Waals surface area contributed by atoms with Crippen LogP contribution in [0.15, 0.2) is 24.3 Å². The Hall–Kier alpha value is -0.820. The molecule has 0 heterocycles. The minimum atomic E-state index is 0.369. The molecule has 1 aliphatic rings. The first-order chi connectivity index (χ1) is 8.67. The summed E-state index contributed by atoms with van der Waals surface area (Å²) in [5, 5.41) is 0. The Morgan fingerprint density at radius 3 is 2.61 bits per heavy atom. The highest BCUT2D eigenvalue weighted by molar-refractivity contribution is 5.22. The Balaban J connectivity index is 2.09. The molecule has 100 valence electrons.